The van der Waals surface area contributed by atoms with Crippen molar-refractivity contribution in [1.82, 2.24) is 8.96 Å². The van der Waals surface area contributed by atoms with Gasteiger partial charge >= 0.3 is 0 Å². The Kier molecular flexibility index (Phi) is 3.69. The van der Waals surface area contributed by atoms with Crippen LogP contribution < -0.4 is 5.73 Å². The van der Waals surface area contributed by atoms with Gasteiger partial charge < -0.3 is 5.73 Å². The largest absolute Gasteiger partial charge is 0.323 e. The maximum absolute atomic E-state index is 14.1. The average Bonchev–Trinajstić information content (AvgIpc) is 2.90. The maximum Gasteiger partial charge on any atom is 0.268 e. The summed E-state index contributed by atoms with van der Waals surface area (Å²) in [4.78, 5) is 4.27. The Labute approximate surface area is 133 Å². The van der Waals surface area contributed by atoms with Crippen molar-refractivity contribution in [2.45, 2.75) is 24.8 Å². The number of hydrogen-bond acceptors (Lipinski definition) is 4. The number of fused-ring (bicyclic) bond motifs is 1. The number of benzene rings is 1. The molecule has 0 saturated heterocycles. The van der Waals surface area contributed by atoms with E-state index in [0.29, 0.717) is 5.52 Å². The molecule has 0 aliphatic carbocycles. The third-order valence-corrected chi connectivity index (χ3v) is 5.33. The molecule has 1 aromatic carbocycles. The minimum absolute atomic E-state index is 0.114. The third kappa shape index (κ3) is 2.62. The lowest BCUT2D eigenvalue weighted by Gasteiger charge is -2.10. The lowest BCUT2D eigenvalue weighted by Crippen LogP contribution is -2.13. The number of nitrogens with two attached hydrogens (primary N) is 1. The Balaban J connectivity index is 2.20. The molecule has 3 rings (SSSR count). The minimum atomic E-state index is -3.81. The molecule has 0 spiro atoms. The van der Waals surface area contributed by atoms with E-state index in [1.165, 1.54) is 24.4 Å². The molecule has 7 heteroatoms. The molecule has 0 radical (unpaired) electrons. The Bertz CT molecular complexity index is 976. The number of pyridine rings is 1. The zero-order valence-corrected chi connectivity index (χ0v) is 13.5. The number of aryl methyl sites for hydroxylation is 1. The molecule has 0 amide bonds. The molecule has 0 fully saturated rings. The summed E-state index contributed by atoms with van der Waals surface area (Å²) in [6, 6.07) is 8.60. The van der Waals surface area contributed by atoms with Gasteiger partial charge in [0.25, 0.3) is 10.0 Å². The van der Waals surface area contributed by atoms with E-state index < -0.39 is 21.9 Å². The highest BCUT2D eigenvalue weighted by atomic mass is 32.2. The van der Waals surface area contributed by atoms with Crippen LogP contribution in [0, 0.1) is 12.7 Å². The highest BCUT2D eigenvalue weighted by Gasteiger charge is 2.21. The van der Waals surface area contributed by atoms with Crippen molar-refractivity contribution < 1.29 is 12.8 Å². The summed E-state index contributed by atoms with van der Waals surface area (Å²) < 4.78 is 40.6. The first-order valence-electron chi connectivity index (χ1n) is 7.06. The first-order chi connectivity index (χ1) is 10.8. The van der Waals surface area contributed by atoms with Crippen LogP contribution in [0.25, 0.3) is 11.0 Å². The van der Waals surface area contributed by atoms with E-state index in [2.05, 4.69) is 4.98 Å². The monoisotopic (exact) mass is 333 g/mol. The van der Waals surface area contributed by atoms with E-state index in [1.54, 1.807) is 19.1 Å². The van der Waals surface area contributed by atoms with E-state index in [-0.39, 0.29) is 16.1 Å². The highest BCUT2D eigenvalue weighted by Crippen LogP contribution is 2.24. The summed E-state index contributed by atoms with van der Waals surface area (Å²) in [6.45, 7) is 3.49. The van der Waals surface area contributed by atoms with Crippen molar-refractivity contribution >= 4 is 21.1 Å². The van der Waals surface area contributed by atoms with E-state index in [0.717, 1.165) is 15.6 Å². The summed E-state index contributed by atoms with van der Waals surface area (Å²) in [7, 11) is -3.81. The number of halogens is 1. The summed E-state index contributed by atoms with van der Waals surface area (Å²) in [6.07, 6.45) is 1.37. The summed E-state index contributed by atoms with van der Waals surface area (Å²) in [5.74, 6) is -0.619. The van der Waals surface area contributed by atoms with Crippen molar-refractivity contribution in [3.63, 3.8) is 0 Å². The van der Waals surface area contributed by atoms with Crippen molar-refractivity contribution in [2.75, 3.05) is 0 Å². The highest BCUT2D eigenvalue weighted by molar-refractivity contribution is 7.90. The van der Waals surface area contributed by atoms with Crippen LogP contribution in [-0.2, 0) is 10.0 Å². The molecule has 1 unspecified atom stereocenters. The van der Waals surface area contributed by atoms with Gasteiger partial charge in [0, 0.05) is 18.3 Å². The normalized spacial score (nSPS) is 13.4. The first-order valence-corrected chi connectivity index (χ1v) is 8.50. The standard InChI is InChI=1S/C16H16FN3O2S/c1-10-3-5-12(6-4-10)23(21,22)20-8-7-14-15(20)9-13(17)16(19-14)11(2)18/h3-9,11H,18H2,1-2H3. The molecule has 1 atom stereocenters. The fraction of sp³-hybridized carbons (Fsp3) is 0.188. The second-order valence-corrected chi connectivity index (χ2v) is 7.29. The molecule has 0 saturated carbocycles. The molecular formula is C16H16FN3O2S. The van der Waals surface area contributed by atoms with E-state index >= 15 is 0 Å². The van der Waals surface area contributed by atoms with Crippen LogP contribution in [0.15, 0.2) is 47.5 Å². The Hall–Kier alpha value is -2.25. The number of nitrogens with zero attached hydrogens (tertiary/aromatic N) is 2. The SMILES string of the molecule is Cc1ccc(S(=O)(=O)n2ccc3nc(C(C)N)c(F)cc32)cc1. The topological polar surface area (TPSA) is 78.0 Å². The molecule has 23 heavy (non-hydrogen) atoms. The second-order valence-electron chi connectivity index (χ2n) is 5.48. The Morgan fingerprint density at radius 3 is 2.48 bits per heavy atom. The molecular weight excluding hydrogens is 317 g/mol. The van der Waals surface area contributed by atoms with Gasteiger partial charge in [0.1, 0.15) is 5.82 Å². The fourth-order valence-electron chi connectivity index (χ4n) is 2.38. The predicted molar refractivity (Wildman–Crippen MR) is 86.1 cm³/mol. The van der Waals surface area contributed by atoms with E-state index in [4.69, 9.17) is 5.73 Å². The zero-order valence-electron chi connectivity index (χ0n) is 12.7. The van der Waals surface area contributed by atoms with Gasteiger partial charge in [-0.15, -0.1) is 0 Å². The number of rotatable bonds is 3. The lowest BCUT2D eigenvalue weighted by molar-refractivity contribution is 0.581. The van der Waals surface area contributed by atoms with Gasteiger partial charge in [-0.2, -0.15) is 0 Å². The van der Waals surface area contributed by atoms with Crippen LogP contribution in [0.5, 0.6) is 0 Å². The second kappa shape index (κ2) is 5.43. The van der Waals surface area contributed by atoms with Crippen LogP contribution in [0.2, 0.25) is 0 Å². The van der Waals surface area contributed by atoms with Crippen molar-refractivity contribution in [3.8, 4) is 0 Å². The Morgan fingerprint density at radius 1 is 1.22 bits per heavy atom. The van der Waals surface area contributed by atoms with Crippen LogP contribution in [0.4, 0.5) is 4.39 Å². The predicted octanol–water partition coefficient (Wildman–Crippen LogP) is 2.74. The van der Waals surface area contributed by atoms with Crippen LogP contribution in [-0.4, -0.2) is 17.4 Å². The van der Waals surface area contributed by atoms with Gasteiger partial charge in [0.05, 0.1) is 21.6 Å². The molecule has 2 heterocycles. The molecule has 0 aliphatic heterocycles. The first kappa shape index (κ1) is 15.6. The van der Waals surface area contributed by atoms with Crippen molar-refractivity contribution in [2.24, 2.45) is 5.73 Å². The molecule has 2 aromatic heterocycles. The molecule has 0 bridgehead atoms. The minimum Gasteiger partial charge on any atom is -0.323 e. The van der Waals surface area contributed by atoms with E-state index in [9.17, 15) is 12.8 Å². The molecule has 2 N–H and O–H groups in total. The van der Waals surface area contributed by atoms with Gasteiger partial charge in [-0.3, -0.25) is 0 Å². The van der Waals surface area contributed by atoms with Crippen molar-refractivity contribution in [3.05, 3.63) is 59.7 Å². The Morgan fingerprint density at radius 2 is 1.87 bits per heavy atom. The maximum atomic E-state index is 14.1. The zero-order chi connectivity index (χ0) is 16.8. The van der Waals surface area contributed by atoms with Gasteiger partial charge in [0.2, 0.25) is 0 Å². The number of hydrogen-bond donors (Lipinski definition) is 1. The van der Waals surface area contributed by atoms with Gasteiger partial charge in [-0.25, -0.2) is 21.8 Å². The molecule has 0 aliphatic rings. The van der Waals surface area contributed by atoms with Gasteiger partial charge in [-0.1, -0.05) is 17.7 Å². The molecule has 3 aromatic rings. The van der Waals surface area contributed by atoms with Crippen LogP contribution >= 0.6 is 0 Å². The van der Waals surface area contributed by atoms with Gasteiger partial charge in [-0.05, 0) is 32.0 Å². The van der Waals surface area contributed by atoms with Crippen LogP contribution in [0.3, 0.4) is 0 Å². The summed E-state index contributed by atoms with van der Waals surface area (Å²) >= 11 is 0. The smallest absolute Gasteiger partial charge is 0.268 e. The summed E-state index contributed by atoms with van der Waals surface area (Å²) in [5.41, 5.74) is 7.32. The molecule has 120 valence electrons. The van der Waals surface area contributed by atoms with Gasteiger partial charge in [0.15, 0.2) is 0 Å². The lowest BCUT2D eigenvalue weighted by atomic mass is 10.2. The third-order valence-electron chi connectivity index (χ3n) is 3.63. The van der Waals surface area contributed by atoms with E-state index in [1.807, 2.05) is 6.92 Å². The molecule has 5 nitrogen and oxygen atoms in total. The summed E-state index contributed by atoms with van der Waals surface area (Å²) in [5, 5.41) is 0. The number of aromatic nitrogens is 2. The van der Waals surface area contributed by atoms with Crippen molar-refractivity contribution in [1.29, 1.82) is 0 Å². The fourth-order valence-corrected chi connectivity index (χ4v) is 3.71. The quantitative estimate of drug-likeness (QED) is 0.799. The average molecular weight is 333 g/mol. The van der Waals surface area contributed by atoms with Crippen LogP contribution in [0.1, 0.15) is 24.2 Å².